The van der Waals surface area contributed by atoms with Crippen molar-refractivity contribution in [2.45, 2.75) is 32.7 Å². The predicted molar refractivity (Wildman–Crippen MR) is 89.3 cm³/mol. The molecule has 0 radical (unpaired) electrons. The van der Waals surface area contributed by atoms with Gasteiger partial charge < -0.3 is 14.1 Å². The van der Waals surface area contributed by atoms with Crippen LogP contribution in [0.5, 0.6) is 0 Å². The molecule has 0 aliphatic carbocycles. The lowest BCUT2D eigenvalue weighted by Crippen LogP contribution is -2.25. The Morgan fingerprint density at radius 3 is 2.91 bits per heavy atom. The van der Waals surface area contributed by atoms with E-state index in [4.69, 9.17) is 4.42 Å². The zero-order chi connectivity index (χ0) is 16.6. The molecule has 0 aromatic carbocycles. The van der Waals surface area contributed by atoms with Crippen LogP contribution in [-0.2, 0) is 12.0 Å². The Labute approximate surface area is 142 Å². The van der Waals surface area contributed by atoms with Crippen molar-refractivity contribution in [1.82, 2.24) is 19.7 Å². The molecule has 0 unspecified atom stereocenters. The molecular weight excluding hydrogens is 360 g/mol. The number of amides is 1. The first kappa shape index (κ1) is 15.7. The second-order valence-electron chi connectivity index (χ2n) is 6.30. The zero-order valence-corrected chi connectivity index (χ0v) is 14.7. The number of pyridine rings is 1. The van der Waals surface area contributed by atoms with Gasteiger partial charge in [-0.1, -0.05) is 20.8 Å². The minimum Gasteiger partial charge on any atom is -0.448 e. The molecule has 0 saturated heterocycles. The van der Waals surface area contributed by atoms with Gasteiger partial charge in [-0.3, -0.25) is 4.79 Å². The number of hydrogen-bond donors (Lipinski definition) is 1. The maximum Gasteiger partial charge on any atom is 0.253 e. The maximum absolute atomic E-state index is 12.4. The van der Waals surface area contributed by atoms with E-state index < -0.39 is 0 Å². The van der Waals surface area contributed by atoms with Gasteiger partial charge in [0.1, 0.15) is 11.5 Å². The highest BCUT2D eigenvalue weighted by atomic mass is 79.9. The smallest absolute Gasteiger partial charge is 0.253 e. The van der Waals surface area contributed by atoms with Crippen molar-refractivity contribution in [2.24, 2.45) is 0 Å². The van der Waals surface area contributed by atoms with Crippen LogP contribution in [0.3, 0.4) is 0 Å². The molecule has 6 nitrogen and oxygen atoms in total. The van der Waals surface area contributed by atoms with E-state index in [-0.39, 0.29) is 11.3 Å². The number of rotatable bonds is 3. The zero-order valence-electron chi connectivity index (χ0n) is 13.1. The van der Waals surface area contributed by atoms with Crippen molar-refractivity contribution in [1.29, 1.82) is 0 Å². The van der Waals surface area contributed by atoms with Crippen molar-refractivity contribution in [2.75, 3.05) is 0 Å². The molecule has 0 aliphatic heterocycles. The molecule has 3 heterocycles. The maximum atomic E-state index is 12.4. The third kappa shape index (κ3) is 3.14. The summed E-state index contributed by atoms with van der Waals surface area (Å²) in [6.45, 7) is 6.45. The Kier molecular flexibility index (Phi) is 3.97. The third-order valence-corrected chi connectivity index (χ3v) is 4.03. The lowest BCUT2D eigenvalue weighted by molar-refractivity contribution is 0.0949. The number of nitrogens with one attached hydrogen (secondary N) is 1. The molecule has 0 atom stereocenters. The fourth-order valence-corrected chi connectivity index (χ4v) is 2.94. The van der Waals surface area contributed by atoms with E-state index in [2.05, 4.69) is 31.2 Å². The summed E-state index contributed by atoms with van der Waals surface area (Å²) in [6, 6.07) is 1.76. The Morgan fingerprint density at radius 2 is 2.17 bits per heavy atom. The average molecular weight is 377 g/mol. The van der Waals surface area contributed by atoms with E-state index in [0.29, 0.717) is 12.1 Å². The topological polar surface area (TPSA) is 72.4 Å². The Hall–Kier alpha value is -2.15. The molecule has 1 amide bonds. The van der Waals surface area contributed by atoms with Crippen molar-refractivity contribution in [3.05, 3.63) is 52.5 Å². The molecule has 0 spiro atoms. The van der Waals surface area contributed by atoms with E-state index >= 15 is 0 Å². The van der Waals surface area contributed by atoms with Gasteiger partial charge >= 0.3 is 0 Å². The summed E-state index contributed by atoms with van der Waals surface area (Å²) >= 11 is 3.43. The van der Waals surface area contributed by atoms with Crippen molar-refractivity contribution >= 4 is 27.5 Å². The van der Waals surface area contributed by atoms with Gasteiger partial charge in [0, 0.05) is 24.0 Å². The summed E-state index contributed by atoms with van der Waals surface area (Å²) in [5, 5.41) is 2.88. The normalized spacial score (nSPS) is 11.8. The first-order chi connectivity index (χ1) is 10.9. The van der Waals surface area contributed by atoms with Gasteiger partial charge in [0.25, 0.3) is 5.91 Å². The lowest BCUT2D eigenvalue weighted by atomic mass is 9.92. The molecule has 0 fully saturated rings. The van der Waals surface area contributed by atoms with E-state index in [0.717, 1.165) is 21.6 Å². The standard InChI is InChI=1S/C16H17BrN4O2/c1-16(2,3)13-12(20-9-23-13)7-19-15(22)10-6-11(17)14-18-4-5-21(14)8-10/h4-6,8-9H,7H2,1-3H3,(H,19,22). The summed E-state index contributed by atoms with van der Waals surface area (Å²) in [7, 11) is 0. The first-order valence-corrected chi connectivity index (χ1v) is 7.99. The largest absolute Gasteiger partial charge is 0.448 e. The number of nitrogens with zero attached hydrogens (tertiary/aromatic N) is 3. The van der Waals surface area contributed by atoms with Gasteiger partial charge in [-0.25, -0.2) is 9.97 Å². The molecule has 3 aromatic heterocycles. The molecule has 3 rings (SSSR count). The molecule has 0 aliphatic rings. The fraction of sp³-hybridized carbons (Fsp3) is 0.312. The predicted octanol–water partition coefficient (Wildman–Crippen LogP) is 3.31. The summed E-state index contributed by atoms with van der Waals surface area (Å²) in [6.07, 6.45) is 6.64. The highest BCUT2D eigenvalue weighted by molar-refractivity contribution is 9.10. The number of fused-ring (bicyclic) bond motifs is 1. The molecule has 120 valence electrons. The number of oxazole rings is 1. The Morgan fingerprint density at radius 1 is 1.39 bits per heavy atom. The van der Waals surface area contributed by atoms with Crippen LogP contribution < -0.4 is 5.32 Å². The van der Waals surface area contributed by atoms with Gasteiger partial charge in [0.05, 0.1) is 16.6 Å². The van der Waals surface area contributed by atoms with Crippen LogP contribution in [0, 0.1) is 0 Å². The van der Waals surface area contributed by atoms with Gasteiger partial charge in [-0.2, -0.15) is 0 Å². The second kappa shape index (κ2) is 5.81. The highest BCUT2D eigenvalue weighted by Gasteiger charge is 2.23. The molecular formula is C16H17BrN4O2. The highest BCUT2D eigenvalue weighted by Crippen LogP contribution is 2.25. The fourth-order valence-electron chi connectivity index (χ4n) is 2.39. The van der Waals surface area contributed by atoms with Crippen LogP contribution >= 0.6 is 15.9 Å². The number of carbonyl (C=O) groups excluding carboxylic acids is 1. The number of carbonyl (C=O) groups is 1. The van der Waals surface area contributed by atoms with Gasteiger partial charge in [0.2, 0.25) is 0 Å². The van der Waals surface area contributed by atoms with Gasteiger partial charge in [0.15, 0.2) is 12.0 Å². The summed E-state index contributed by atoms with van der Waals surface area (Å²) < 4.78 is 8.02. The lowest BCUT2D eigenvalue weighted by Gasteiger charge is -2.16. The number of imidazole rings is 1. The molecule has 3 aromatic rings. The second-order valence-corrected chi connectivity index (χ2v) is 7.15. The van der Waals surface area contributed by atoms with Crippen molar-refractivity contribution < 1.29 is 9.21 Å². The van der Waals surface area contributed by atoms with E-state index in [9.17, 15) is 4.79 Å². The van der Waals surface area contributed by atoms with Crippen LogP contribution in [0.4, 0.5) is 0 Å². The molecule has 0 bridgehead atoms. The van der Waals surface area contributed by atoms with Crippen molar-refractivity contribution in [3.8, 4) is 0 Å². The molecule has 7 heteroatoms. The minimum absolute atomic E-state index is 0.157. The van der Waals surface area contributed by atoms with Gasteiger partial charge in [-0.05, 0) is 22.0 Å². The Bertz CT molecular complexity index is 860. The van der Waals surface area contributed by atoms with Crippen molar-refractivity contribution in [3.63, 3.8) is 0 Å². The average Bonchev–Trinajstić information content (AvgIpc) is 3.12. The first-order valence-electron chi connectivity index (χ1n) is 7.19. The SMILES string of the molecule is CC(C)(C)c1ocnc1CNC(=O)c1cc(Br)c2nccn2c1. The minimum atomic E-state index is -0.177. The Balaban J connectivity index is 1.78. The van der Waals surface area contributed by atoms with Crippen LogP contribution in [0.1, 0.15) is 42.6 Å². The third-order valence-electron chi connectivity index (χ3n) is 3.44. The van der Waals surface area contributed by atoms with E-state index in [1.807, 2.05) is 20.8 Å². The van der Waals surface area contributed by atoms with E-state index in [1.54, 1.807) is 29.1 Å². The van der Waals surface area contributed by atoms with Crippen LogP contribution in [0.25, 0.3) is 5.65 Å². The summed E-state index contributed by atoms with van der Waals surface area (Å²) in [5.41, 5.74) is 1.90. The molecule has 0 saturated carbocycles. The van der Waals surface area contributed by atoms with Gasteiger partial charge in [-0.15, -0.1) is 0 Å². The number of halogens is 1. The van der Waals surface area contributed by atoms with Crippen LogP contribution in [0.2, 0.25) is 0 Å². The van der Waals surface area contributed by atoms with E-state index in [1.165, 1.54) is 6.39 Å². The van der Waals surface area contributed by atoms with Crippen LogP contribution in [0.15, 0.2) is 39.9 Å². The quantitative estimate of drug-likeness (QED) is 0.760. The van der Waals surface area contributed by atoms with Crippen LogP contribution in [-0.4, -0.2) is 20.3 Å². The molecule has 23 heavy (non-hydrogen) atoms. The number of aromatic nitrogens is 3. The molecule has 1 N–H and O–H groups in total. The monoisotopic (exact) mass is 376 g/mol. The summed E-state index contributed by atoms with van der Waals surface area (Å²) in [4.78, 5) is 20.8. The number of hydrogen-bond acceptors (Lipinski definition) is 4. The summed E-state index contributed by atoms with van der Waals surface area (Å²) in [5.74, 6) is 0.605.